The molecule has 0 amide bonds. The van der Waals surface area contributed by atoms with Crippen molar-refractivity contribution in [3.63, 3.8) is 0 Å². The molecule has 0 bridgehead atoms. The molecule has 3 aliphatic rings. The second-order valence-electron chi connectivity index (χ2n) is 6.25. The van der Waals surface area contributed by atoms with Gasteiger partial charge in [-0.15, -0.1) is 0 Å². The van der Waals surface area contributed by atoms with Gasteiger partial charge < -0.3 is 24.1 Å². The number of morpholine rings is 1. The summed E-state index contributed by atoms with van der Waals surface area (Å²) in [6.07, 6.45) is 1.07. The number of nitrogens with one attached hydrogen (secondary N) is 1. The lowest BCUT2D eigenvalue weighted by molar-refractivity contribution is -0.591. The highest BCUT2D eigenvalue weighted by atomic mass is 16.7. The van der Waals surface area contributed by atoms with E-state index in [2.05, 4.69) is 5.43 Å². The smallest absolute Gasteiger partial charge is 0.458 e. The van der Waals surface area contributed by atoms with E-state index in [0.717, 1.165) is 0 Å². The van der Waals surface area contributed by atoms with Crippen LogP contribution in [0.1, 0.15) is 18.5 Å². The Kier molecular flexibility index (Phi) is 4.51. The van der Waals surface area contributed by atoms with Crippen molar-refractivity contribution in [3.05, 3.63) is 28.2 Å². The highest BCUT2D eigenvalue weighted by Crippen LogP contribution is 2.20. The largest absolute Gasteiger partial charge is 0.514 e. The molecule has 10 nitrogen and oxygen atoms in total. The van der Waals surface area contributed by atoms with E-state index in [-0.39, 0.29) is 29.6 Å². The average Bonchev–Trinajstić information content (AvgIpc) is 2.65. The molecule has 0 aromatic carbocycles. The van der Waals surface area contributed by atoms with Crippen LogP contribution in [0.3, 0.4) is 0 Å². The van der Waals surface area contributed by atoms with Gasteiger partial charge in [-0.1, -0.05) is 0 Å². The minimum Gasteiger partial charge on any atom is -0.458 e. The fraction of sp³-hybridized carbons (Fsp3) is 0.562. The number of aliphatic hydroxyl groups excluding tert-OH is 1. The van der Waals surface area contributed by atoms with Crippen molar-refractivity contribution in [1.29, 1.82) is 0 Å². The van der Waals surface area contributed by atoms with Crippen LogP contribution >= 0.6 is 0 Å². The zero-order chi connectivity index (χ0) is 18.1. The maximum atomic E-state index is 12.3. The molecule has 2 fully saturated rings. The quantitative estimate of drug-likeness (QED) is 0.546. The highest BCUT2D eigenvalue weighted by Gasteiger charge is 2.39. The van der Waals surface area contributed by atoms with Gasteiger partial charge in [-0.2, -0.15) is 4.58 Å². The van der Waals surface area contributed by atoms with Crippen LogP contribution in [-0.2, 0) is 14.2 Å². The van der Waals surface area contributed by atoms with E-state index >= 15 is 0 Å². The fourth-order valence-electron chi connectivity index (χ4n) is 3.23. The van der Waals surface area contributed by atoms with E-state index in [1.54, 1.807) is 4.58 Å². The van der Waals surface area contributed by atoms with Crippen molar-refractivity contribution < 1.29 is 33.4 Å². The number of pyridine rings is 1. The lowest BCUT2D eigenvalue weighted by atomic mass is 10.2. The van der Waals surface area contributed by atoms with Gasteiger partial charge in [0, 0.05) is 25.1 Å². The molecule has 2 N–H and O–H groups in total. The predicted molar refractivity (Wildman–Crippen MR) is 87.5 cm³/mol. The first-order valence-corrected chi connectivity index (χ1v) is 8.52. The maximum absolute atomic E-state index is 12.3. The topological polar surface area (TPSA) is 111 Å². The van der Waals surface area contributed by atoms with Crippen LogP contribution in [0.15, 0.2) is 17.1 Å². The zero-order valence-electron chi connectivity index (χ0n) is 14.1. The van der Waals surface area contributed by atoms with Crippen LogP contribution in [-0.4, -0.2) is 71.7 Å². The van der Waals surface area contributed by atoms with Gasteiger partial charge in [-0.3, -0.25) is 10.2 Å². The Labute approximate surface area is 148 Å². The predicted octanol–water partition coefficient (Wildman–Crippen LogP) is -0.227. The van der Waals surface area contributed by atoms with Gasteiger partial charge in [0.1, 0.15) is 19.3 Å². The zero-order valence-corrected chi connectivity index (χ0v) is 14.1. The van der Waals surface area contributed by atoms with E-state index in [1.807, 2.05) is 0 Å². The number of hydrogen-bond donors (Lipinski definition) is 2. The summed E-state index contributed by atoms with van der Waals surface area (Å²) in [5.41, 5.74) is 2.66. The number of ether oxygens (including phenoxy) is 4. The van der Waals surface area contributed by atoms with Gasteiger partial charge in [-0.25, -0.2) is 9.47 Å². The Bertz CT molecular complexity index is 798. The van der Waals surface area contributed by atoms with E-state index in [4.69, 9.17) is 18.9 Å². The second-order valence-corrected chi connectivity index (χ2v) is 6.25. The van der Waals surface area contributed by atoms with Crippen LogP contribution in [0.2, 0.25) is 0 Å². The van der Waals surface area contributed by atoms with E-state index in [1.165, 1.54) is 16.9 Å². The molecule has 0 unspecified atom stereocenters. The number of aliphatic hydroxyl groups is 1. The lowest BCUT2D eigenvalue weighted by Crippen LogP contribution is -2.54. The summed E-state index contributed by atoms with van der Waals surface area (Å²) in [4.78, 5) is 24.4. The first-order valence-electron chi connectivity index (χ1n) is 8.52. The third-order valence-electron chi connectivity index (χ3n) is 4.57. The first kappa shape index (κ1) is 16.9. The minimum absolute atomic E-state index is 0.0829. The molecule has 2 saturated heterocycles. The normalized spacial score (nSPS) is 22.8. The summed E-state index contributed by atoms with van der Waals surface area (Å²) < 4.78 is 24.1. The summed E-state index contributed by atoms with van der Waals surface area (Å²) in [6, 6.07) is 1.25. The molecule has 1 aromatic rings. The molecule has 1 aromatic heterocycles. The molecule has 4 heterocycles. The summed E-state index contributed by atoms with van der Waals surface area (Å²) in [5, 5.41) is 10.6. The molecule has 4 rings (SSSR count). The van der Waals surface area contributed by atoms with Crippen molar-refractivity contribution in [2.24, 2.45) is 0 Å². The third-order valence-corrected chi connectivity index (χ3v) is 4.57. The van der Waals surface area contributed by atoms with E-state index < -0.39 is 11.6 Å². The van der Waals surface area contributed by atoms with Crippen LogP contribution in [0, 0.1) is 0 Å². The Balaban J connectivity index is 1.61. The van der Waals surface area contributed by atoms with Gasteiger partial charge in [-0.05, 0) is 0 Å². The van der Waals surface area contributed by atoms with Crippen LogP contribution < -0.4 is 15.6 Å². The molecule has 0 aliphatic carbocycles. The lowest BCUT2D eigenvalue weighted by Gasteiger charge is -2.29. The molecular weight excluding hydrogens is 346 g/mol. The summed E-state index contributed by atoms with van der Waals surface area (Å²) in [7, 11) is 0. The monoisotopic (exact) mass is 366 g/mol. The molecule has 26 heavy (non-hydrogen) atoms. The fourth-order valence-corrected chi connectivity index (χ4v) is 3.23. The Morgan fingerprint density at radius 1 is 1.31 bits per heavy atom. The minimum atomic E-state index is -0.972. The van der Waals surface area contributed by atoms with Crippen LogP contribution in [0.25, 0.3) is 0 Å². The van der Waals surface area contributed by atoms with Crippen molar-refractivity contribution >= 4 is 12.1 Å². The van der Waals surface area contributed by atoms with Crippen molar-refractivity contribution in [2.75, 3.05) is 38.4 Å². The highest BCUT2D eigenvalue weighted by molar-refractivity contribution is 5.91. The summed E-state index contributed by atoms with van der Waals surface area (Å²) >= 11 is 0. The van der Waals surface area contributed by atoms with E-state index in [0.29, 0.717) is 45.8 Å². The number of aromatic nitrogens is 1. The maximum Gasteiger partial charge on any atom is 0.514 e. The number of rotatable bonds is 2. The Hall–Kier alpha value is -2.59. The molecule has 3 aliphatic heterocycles. The van der Waals surface area contributed by atoms with Crippen molar-refractivity contribution in [3.8, 4) is 5.75 Å². The average molecular weight is 366 g/mol. The second kappa shape index (κ2) is 6.96. The summed E-state index contributed by atoms with van der Waals surface area (Å²) in [6.45, 7) is 2.29. The molecule has 1 atom stereocenters. The summed E-state index contributed by atoms with van der Waals surface area (Å²) in [5.74, 6) is -0.428. The Morgan fingerprint density at radius 3 is 2.92 bits per heavy atom. The van der Waals surface area contributed by atoms with Gasteiger partial charge in [0.25, 0.3) is 6.17 Å². The number of carbonyl (C=O) groups is 1. The third kappa shape index (κ3) is 3.13. The van der Waals surface area contributed by atoms with Crippen molar-refractivity contribution in [2.45, 2.75) is 25.1 Å². The van der Waals surface area contributed by atoms with Gasteiger partial charge in [0.15, 0.2) is 6.54 Å². The molecule has 140 valence electrons. The van der Waals surface area contributed by atoms with Crippen LogP contribution in [0.5, 0.6) is 5.75 Å². The number of fused-ring (bicyclic) bond motifs is 2. The molecule has 0 saturated carbocycles. The van der Waals surface area contributed by atoms with Crippen molar-refractivity contribution in [1.82, 2.24) is 4.68 Å². The van der Waals surface area contributed by atoms with Crippen LogP contribution in [0.4, 0.5) is 4.79 Å². The Morgan fingerprint density at radius 2 is 2.12 bits per heavy atom. The number of carbonyl (C=O) groups excluding carboxylic acids is 1. The van der Waals surface area contributed by atoms with Gasteiger partial charge in [0.05, 0.1) is 13.2 Å². The van der Waals surface area contributed by atoms with Gasteiger partial charge in [0.2, 0.25) is 16.9 Å². The number of nitrogens with zero attached hydrogens (tertiary/aromatic N) is 2. The van der Waals surface area contributed by atoms with E-state index in [9.17, 15) is 14.7 Å². The molecule has 10 heteroatoms. The van der Waals surface area contributed by atoms with Gasteiger partial charge >= 0.3 is 12.1 Å². The first-order chi connectivity index (χ1) is 12.6. The molecular formula is C16H20N3O7+. The molecule has 0 radical (unpaired) electrons. The molecule has 0 spiro atoms. The standard InChI is InChI=1S/C16H19N3O7/c20-11-1-4-19-13(15(21)18-5-8-24-9-12(18)17-19)14(11)26-16(22)25-10-2-6-23-7-3-10/h1,4,10,12,17H,2-3,5-9H2/p+1/t12-/m0/s1. The number of hydrogen-bond acceptors (Lipinski definition) is 7. The SMILES string of the molecule is O=C(Oc1c2n(ccc1=O)N[C@@H]1COCC[N+]1=C2O)OC1CCOCC1.